The number of amides is 2. The number of alkyl halides is 2. The van der Waals surface area contributed by atoms with Crippen LogP contribution in [0.4, 0.5) is 14.5 Å². The molecule has 0 aromatic heterocycles. The van der Waals surface area contributed by atoms with Gasteiger partial charge in [0.2, 0.25) is 0 Å². The van der Waals surface area contributed by atoms with Crippen molar-refractivity contribution < 1.29 is 32.6 Å². The molecule has 0 bridgehead atoms. The van der Waals surface area contributed by atoms with E-state index in [0.29, 0.717) is 0 Å². The minimum absolute atomic E-state index is 0.138. The van der Waals surface area contributed by atoms with Crippen LogP contribution in [-0.2, 0) is 14.3 Å². The Morgan fingerprint density at radius 1 is 1.07 bits per heavy atom. The Balaban J connectivity index is 1.84. The van der Waals surface area contributed by atoms with Gasteiger partial charge in [0.15, 0.2) is 6.61 Å². The molecule has 1 atom stereocenters. The molecule has 160 valence electrons. The normalized spacial score (nSPS) is 11.5. The highest BCUT2D eigenvalue weighted by Gasteiger charge is 2.20. The molecule has 2 aromatic carbocycles. The molecule has 0 fully saturated rings. The average molecular weight is 461 g/mol. The predicted molar refractivity (Wildman–Crippen MR) is 106 cm³/mol. The maximum absolute atomic E-state index is 12.2. The zero-order chi connectivity index (χ0) is 22.3. The van der Waals surface area contributed by atoms with Crippen molar-refractivity contribution in [1.29, 1.82) is 0 Å². The second-order valence-electron chi connectivity index (χ2n) is 5.85. The predicted octanol–water partition coefficient (Wildman–Crippen LogP) is 3.90. The Kier molecular flexibility index (Phi) is 8.37. The fraction of sp³-hybridized carbons (Fsp3) is 0.211. The van der Waals surface area contributed by atoms with Crippen LogP contribution in [0.5, 0.6) is 5.75 Å². The van der Waals surface area contributed by atoms with Gasteiger partial charge in [-0.25, -0.2) is 4.79 Å². The van der Waals surface area contributed by atoms with Crippen LogP contribution in [0.1, 0.15) is 17.3 Å². The standard InChI is InChI=1S/C19H16Cl2F2N2O5/c1-10(24-17(27)12-4-2-3-5-13(12)20)18(28)29-9-16(26)25-11-6-7-15(14(21)8-11)30-19(22)23/h2-8,10,19H,9H2,1H3,(H,24,27)(H,25,26). The molecule has 11 heteroatoms. The van der Waals surface area contributed by atoms with E-state index in [2.05, 4.69) is 15.4 Å². The molecule has 0 radical (unpaired) electrons. The van der Waals surface area contributed by atoms with Crippen LogP contribution >= 0.6 is 23.2 Å². The molecule has 2 amide bonds. The number of rotatable bonds is 8. The summed E-state index contributed by atoms with van der Waals surface area (Å²) >= 11 is 11.7. The zero-order valence-corrected chi connectivity index (χ0v) is 17.0. The van der Waals surface area contributed by atoms with E-state index in [9.17, 15) is 23.2 Å². The molecular weight excluding hydrogens is 445 g/mol. The van der Waals surface area contributed by atoms with Gasteiger partial charge in [-0.2, -0.15) is 8.78 Å². The smallest absolute Gasteiger partial charge is 0.387 e. The van der Waals surface area contributed by atoms with E-state index in [-0.39, 0.29) is 27.0 Å². The minimum atomic E-state index is -3.04. The zero-order valence-electron chi connectivity index (χ0n) is 15.5. The first kappa shape index (κ1) is 23.4. The van der Waals surface area contributed by atoms with Crippen LogP contribution < -0.4 is 15.4 Å². The van der Waals surface area contributed by atoms with E-state index < -0.39 is 37.0 Å². The summed E-state index contributed by atoms with van der Waals surface area (Å²) in [5.41, 5.74) is 0.371. The lowest BCUT2D eigenvalue weighted by Crippen LogP contribution is -2.40. The van der Waals surface area contributed by atoms with Gasteiger partial charge < -0.3 is 20.1 Å². The highest BCUT2D eigenvalue weighted by Crippen LogP contribution is 2.28. The van der Waals surface area contributed by atoms with Crippen molar-refractivity contribution in [1.82, 2.24) is 5.32 Å². The highest BCUT2D eigenvalue weighted by molar-refractivity contribution is 6.34. The van der Waals surface area contributed by atoms with E-state index in [0.717, 1.165) is 6.07 Å². The number of anilines is 1. The quantitative estimate of drug-likeness (QED) is 0.582. The van der Waals surface area contributed by atoms with Gasteiger partial charge >= 0.3 is 12.6 Å². The number of carbonyl (C=O) groups is 3. The van der Waals surface area contributed by atoms with Gasteiger partial charge in [0.1, 0.15) is 11.8 Å². The summed E-state index contributed by atoms with van der Waals surface area (Å²) in [6.07, 6.45) is 0. The molecule has 2 aromatic rings. The summed E-state index contributed by atoms with van der Waals surface area (Å²) < 4.78 is 33.5. The van der Waals surface area contributed by atoms with E-state index in [1.54, 1.807) is 12.1 Å². The summed E-state index contributed by atoms with van der Waals surface area (Å²) in [4.78, 5) is 36.0. The van der Waals surface area contributed by atoms with Crippen LogP contribution in [0.2, 0.25) is 10.0 Å². The van der Waals surface area contributed by atoms with Crippen molar-refractivity contribution >= 4 is 46.7 Å². The summed E-state index contributed by atoms with van der Waals surface area (Å²) in [5.74, 6) is -2.37. The molecule has 30 heavy (non-hydrogen) atoms. The molecular formula is C19H16Cl2F2N2O5. The van der Waals surface area contributed by atoms with Crippen LogP contribution in [0, 0.1) is 0 Å². The molecule has 7 nitrogen and oxygen atoms in total. The number of ether oxygens (including phenoxy) is 2. The summed E-state index contributed by atoms with van der Waals surface area (Å²) in [6.45, 7) is -2.29. The molecule has 0 spiro atoms. The van der Waals surface area contributed by atoms with Gasteiger partial charge in [0.05, 0.1) is 15.6 Å². The Morgan fingerprint density at radius 3 is 2.40 bits per heavy atom. The molecule has 0 saturated carbocycles. The first-order chi connectivity index (χ1) is 14.2. The van der Waals surface area contributed by atoms with Crippen LogP contribution in [-0.4, -0.2) is 37.0 Å². The lowest BCUT2D eigenvalue weighted by atomic mass is 10.2. The Labute approximate surface area is 180 Å². The topological polar surface area (TPSA) is 93.7 Å². The minimum Gasteiger partial charge on any atom is -0.454 e. The van der Waals surface area contributed by atoms with E-state index in [1.807, 2.05) is 0 Å². The van der Waals surface area contributed by atoms with Gasteiger partial charge in [0.25, 0.3) is 11.8 Å². The van der Waals surface area contributed by atoms with Crippen LogP contribution in [0.3, 0.4) is 0 Å². The lowest BCUT2D eigenvalue weighted by molar-refractivity contribution is -0.148. The Hall–Kier alpha value is -2.91. The molecule has 1 unspecified atom stereocenters. The van der Waals surface area contributed by atoms with Crippen molar-refractivity contribution in [3.63, 3.8) is 0 Å². The number of benzene rings is 2. The van der Waals surface area contributed by atoms with Crippen molar-refractivity contribution in [3.05, 3.63) is 58.1 Å². The van der Waals surface area contributed by atoms with Gasteiger partial charge in [0, 0.05) is 5.69 Å². The van der Waals surface area contributed by atoms with Gasteiger partial charge in [-0.1, -0.05) is 35.3 Å². The van der Waals surface area contributed by atoms with Crippen molar-refractivity contribution in [2.75, 3.05) is 11.9 Å². The Bertz CT molecular complexity index is 943. The van der Waals surface area contributed by atoms with Crippen molar-refractivity contribution in [2.24, 2.45) is 0 Å². The first-order valence-corrected chi connectivity index (χ1v) is 9.19. The number of hydrogen-bond acceptors (Lipinski definition) is 5. The molecule has 0 heterocycles. The van der Waals surface area contributed by atoms with Gasteiger partial charge in [-0.3, -0.25) is 9.59 Å². The molecule has 2 N–H and O–H groups in total. The highest BCUT2D eigenvalue weighted by atomic mass is 35.5. The molecule has 2 rings (SSSR count). The number of esters is 1. The largest absolute Gasteiger partial charge is 0.454 e. The molecule has 0 aliphatic rings. The molecule has 0 saturated heterocycles. The second kappa shape index (κ2) is 10.7. The third-order valence-corrected chi connectivity index (χ3v) is 4.22. The summed E-state index contributed by atoms with van der Waals surface area (Å²) in [6, 6.07) is 8.90. The van der Waals surface area contributed by atoms with Gasteiger partial charge in [-0.15, -0.1) is 0 Å². The SMILES string of the molecule is CC(NC(=O)c1ccccc1Cl)C(=O)OCC(=O)Nc1ccc(OC(F)F)c(Cl)c1. The lowest BCUT2D eigenvalue weighted by Gasteiger charge is -2.14. The molecule has 0 aliphatic carbocycles. The maximum Gasteiger partial charge on any atom is 0.387 e. The van der Waals surface area contributed by atoms with E-state index in [1.165, 1.54) is 31.2 Å². The Morgan fingerprint density at radius 2 is 1.77 bits per heavy atom. The monoisotopic (exact) mass is 460 g/mol. The summed E-state index contributed by atoms with van der Waals surface area (Å²) in [7, 11) is 0. The number of nitrogens with one attached hydrogen (secondary N) is 2. The van der Waals surface area contributed by atoms with Crippen molar-refractivity contribution in [2.45, 2.75) is 19.6 Å². The van der Waals surface area contributed by atoms with E-state index in [4.69, 9.17) is 27.9 Å². The van der Waals surface area contributed by atoms with Crippen LogP contribution in [0.25, 0.3) is 0 Å². The fourth-order valence-corrected chi connectivity index (χ4v) is 2.65. The number of carbonyl (C=O) groups excluding carboxylic acids is 3. The molecule has 0 aliphatic heterocycles. The first-order valence-electron chi connectivity index (χ1n) is 8.43. The number of halogens is 4. The van der Waals surface area contributed by atoms with Crippen LogP contribution in [0.15, 0.2) is 42.5 Å². The van der Waals surface area contributed by atoms with E-state index >= 15 is 0 Å². The fourth-order valence-electron chi connectivity index (χ4n) is 2.21. The summed E-state index contributed by atoms with van der Waals surface area (Å²) in [5, 5.41) is 4.88. The van der Waals surface area contributed by atoms with Gasteiger partial charge in [-0.05, 0) is 37.3 Å². The average Bonchev–Trinajstić information content (AvgIpc) is 2.68. The third kappa shape index (κ3) is 6.85. The second-order valence-corrected chi connectivity index (χ2v) is 6.67. The maximum atomic E-state index is 12.2. The third-order valence-electron chi connectivity index (χ3n) is 3.60. The van der Waals surface area contributed by atoms with Crippen molar-refractivity contribution in [3.8, 4) is 5.75 Å². The number of hydrogen-bond donors (Lipinski definition) is 2.